The average Bonchev–Trinajstić information content (AvgIpc) is 2.51. The first-order chi connectivity index (χ1) is 10.6. The van der Waals surface area contributed by atoms with E-state index in [1.807, 2.05) is 0 Å². The van der Waals surface area contributed by atoms with Crippen LogP contribution in [0.15, 0.2) is 29.2 Å². The van der Waals surface area contributed by atoms with Crippen LogP contribution in [0, 0.1) is 0 Å². The number of aliphatic hydroxyl groups is 5. The number of hydrogen-bond acceptors (Lipinski definition) is 8. The molecule has 0 aliphatic carbocycles. The van der Waals surface area contributed by atoms with Gasteiger partial charge >= 0.3 is 0 Å². The van der Waals surface area contributed by atoms with Gasteiger partial charge in [-0.1, -0.05) is 0 Å². The first-order valence-electron chi connectivity index (χ1n) is 6.34. The monoisotopic (exact) mass is 350 g/mol. The minimum Gasteiger partial charge on any atom is -0.394 e. The van der Waals surface area contributed by atoms with Gasteiger partial charge in [-0.2, -0.15) is 0 Å². The molecule has 11 heteroatoms. The maximum Gasteiger partial charge on any atom is 0.256 e. The molecule has 1 aromatic carbocycles. The maximum absolute atomic E-state index is 11.7. The van der Waals surface area contributed by atoms with E-state index in [4.69, 9.17) is 15.4 Å². The van der Waals surface area contributed by atoms with Gasteiger partial charge < -0.3 is 30.8 Å². The third kappa shape index (κ3) is 5.21. The predicted molar refractivity (Wildman–Crippen MR) is 77.6 cm³/mol. The molecule has 0 saturated carbocycles. The molecule has 0 aliphatic heterocycles. The van der Waals surface area contributed by atoms with Crippen LogP contribution in [0.1, 0.15) is 0 Å². The van der Waals surface area contributed by atoms with E-state index in [9.17, 15) is 28.5 Å². The largest absolute Gasteiger partial charge is 0.394 e. The number of primary sulfonamides is 1. The number of carbonyl (C=O) groups excluding carboxylic acids is 1. The van der Waals surface area contributed by atoms with Crippen molar-refractivity contribution in [2.24, 2.45) is 5.14 Å². The van der Waals surface area contributed by atoms with Crippen molar-refractivity contribution in [1.29, 1.82) is 0 Å². The fourth-order valence-corrected chi connectivity index (χ4v) is 2.14. The minimum atomic E-state index is -3.89. The normalized spacial score (nSPS) is 17.1. The summed E-state index contributed by atoms with van der Waals surface area (Å²) in [5.41, 5.74) is 0.103. The van der Waals surface area contributed by atoms with Gasteiger partial charge in [-0.25, -0.2) is 13.6 Å². The molecule has 0 aromatic heterocycles. The summed E-state index contributed by atoms with van der Waals surface area (Å²) in [5.74, 6) is -1.11. The standard InChI is InChI=1S/C12H18N2O8S/c13-23(21,22)7-3-1-6(2-4-7)14-12(20)11(19)10(18)9(17)8(16)5-15/h1-4,8-11,15-19H,5H2,(H,14,20)(H2,13,21,22)/t8-,9-,10-,11-/m1/s1. The Morgan fingerprint density at radius 2 is 1.61 bits per heavy atom. The Hall–Kier alpha value is -1.60. The van der Waals surface area contributed by atoms with Gasteiger partial charge in [-0.05, 0) is 24.3 Å². The van der Waals surface area contributed by atoms with E-state index < -0.39 is 47.0 Å². The molecule has 4 atom stereocenters. The van der Waals surface area contributed by atoms with Crippen LogP contribution in [0.2, 0.25) is 0 Å². The zero-order valence-corrected chi connectivity index (χ0v) is 12.6. The lowest BCUT2D eigenvalue weighted by Crippen LogP contribution is -2.50. The van der Waals surface area contributed by atoms with E-state index in [0.29, 0.717) is 0 Å². The van der Waals surface area contributed by atoms with E-state index in [0.717, 1.165) is 12.1 Å². The topological polar surface area (TPSA) is 190 Å². The Morgan fingerprint density at radius 3 is 2.04 bits per heavy atom. The van der Waals surface area contributed by atoms with Gasteiger partial charge in [0.2, 0.25) is 10.0 Å². The number of amides is 1. The summed E-state index contributed by atoms with van der Waals surface area (Å²) >= 11 is 0. The second-order valence-corrected chi connectivity index (χ2v) is 6.30. The highest BCUT2D eigenvalue weighted by atomic mass is 32.2. The summed E-state index contributed by atoms with van der Waals surface area (Å²) in [6, 6.07) is 4.65. The molecule has 0 aliphatic rings. The van der Waals surface area contributed by atoms with Gasteiger partial charge in [0.05, 0.1) is 11.5 Å². The quantitative estimate of drug-likeness (QED) is 0.266. The van der Waals surface area contributed by atoms with Gasteiger partial charge in [0.1, 0.15) is 18.3 Å². The molecule has 130 valence electrons. The van der Waals surface area contributed by atoms with Gasteiger partial charge in [-0.3, -0.25) is 4.79 Å². The Bertz CT molecular complexity index is 633. The van der Waals surface area contributed by atoms with Gasteiger partial charge in [0.25, 0.3) is 5.91 Å². The van der Waals surface area contributed by atoms with Crippen molar-refractivity contribution < 1.29 is 38.7 Å². The van der Waals surface area contributed by atoms with E-state index in [-0.39, 0.29) is 10.6 Å². The first-order valence-corrected chi connectivity index (χ1v) is 7.89. The third-order valence-corrected chi connectivity index (χ3v) is 3.90. The summed E-state index contributed by atoms with van der Waals surface area (Å²) in [6.45, 7) is -0.873. The smallest absolute Gasteiger partial charge is 0.256 e. The number of aliphatic hydroxyl groups excluding tert-OH is 5. The molecule has 0 bridgehead atoms. The van der Waals surface area contributed by atoms with Gasteiger partial charge in [0.15, 0.2) is 6.10 Å². The SMILES string of the molecule is NS(=O)(=O)c1ccc(NC(=O)[C@H](O)[C@H](O)[C@H](O)[C@H](O)CO)cc1. The van der Waals surface area contributed by atoms with E-state index in [1.54, 1.807) is 0 Å². The summed E-state index contributed by atoms with van der Waals surface area (Å²) in [7, 11) is -3.89. The number of nitrogens with one attached hydrogen (secondary N) is 1. The molecule has 1 rings (SSSR count). The van der Waals surface area contributed by atoms with Gasteiger partial charge in [0, 0.05) is 5.69 Å². The lowest BCUT2D eigenvalue weighted by atomic mass is 10.0. The Kier molecular flexibility index (Phi) is 6.58. The van der Waals surface area contributed by atoms with Crippen molar-refractivity contribution in [1.82, 2.24) is 0 Å². The maximum atomic E-state index is 11.7. The highest BCUT2D eigenvalue weighted by Gasteiger charge is 2.34. The molecule has 0 heterocycles. The van der Waals surface area contributed by atoms with Crippen molar-refractivity contribution in [2.75, 3.05) is 11.9 Å². The molecule has 0 unspecified atom stereocenters. The molecule has 0 saturated heterocycles. The van der Waals surface area contributed by atoms with Crippen LogP contribution in [-0.2, 0) is 14.8 Å². The van der Waals surface area contributed by atoms with Crippen LogP contribution in [0.3, 0.4) is 0 Å². The van der Waals surface area contributed by atoms with Crippen LogP contribution in [0.25, 0.3) is 0 Å². The summed E-state index contributed by atoms with van der Waals surface area (Å²) in [4.78, 5) is 11.5. The van der Waals surface area contributed by atoms with Crippen LogP contribution in [-0.4, -0.2) is 70.9 Å². The molecule has 8 N–H and O–H groups in total. The summed E-state index contributed by atoms with van der Waals surface area (Å²) in [5, 5.41) is 53.5. The molecule has 23 heavy (non-hydrogen) atoms. The van der Waals surface area contributed by atoms with Crippen LogP contribution < -0.4 is 10.5 Å². The van der Waals surface area contributed by atoms with E-state index in [1.165, 1.54) is 12.1 Å². The number of rotatable bonds is 7. The van der Waals surface area contributed by atoms with Crippen molar-refractivity contribution in [3.63, 3.8) is 0 Å². The Balaban J connectivity index is 2.75. The van der Waals surface area contributed by atoms with Gasteiger partial charge in [-0.15, -0.1) is 0 Å². The number of benzene rings is 1. The van der Waals surface area contributed by atoms with Crippen molar-refractivity contribution >= 4 is 21.6 Å². The van der Waals surface area contributed by atoms with Crippen LogP contribution >= 0.6 is 0 Å². The minimum absolute atomic E-state index is 0.103. The molecular weight excluding hydrogens is 332 g/mol. The summed E-state index contributed by atoms with van der Waals surface area (Å²) in [6.07, 6.45) is -7.81. The van der Waals surface area contributed by atoms with Crippen molar-refractivity contribution in [3.05, 3.63) is 24.3 Å². The Labute approximate surface area is 131 Å². The highest BCUT2D eigenvalue weighted by molar-refractivity contribution is 7.89. The molecule has 1 amide bonds. The zero-order chi connectivity index (χ0) is 17.8. The fourth-order valence-electron chi connectivity index (χ4n) is 1.62. The second-order valence-electron chi connectivity index (χ2n) is 4.73. The predicted octanol–water partition coefficient (Wildman–Crippen LogP) is -3.29. The lowest BCUT2D eigenvalue weighted by molar-refractivity contribution is -0.144. The van der Waals surface area contributed by atoms with E-state index >= 15 is 0 Å². The number of sulfonamides is 1. The van der Waals surface area contributed by atoms with Crippen LogP contribution in [0.4, 0.5) is 5.69 Å². The second kappa shape index (κ2) is 7.79. The number of anilines is 1. The van der Waals surface area contributed by atoms with Crippen LogP contribution in [0.5, 0.6) is 0 Å². The zero-order valence-electron chi connectivity index (χ0n) is 11.8. The number of carbonyl (C=O) groups is 1. The molecular formula is C12H18N2O8S. The highest BCUT2D eigenvalue weighted by Crippen LogP contribution is 2.14. The average molecular weight is 350 g/mol. The molecule has 0 spiro atoms. The third-order valence-electron chi connectivity index (χ3n) is 2.97. The molecule has 1 aromatic rings. The van der Waals surface area contributed by atoms with E-state index in [2.05, 4.69) is 5.32 Å². The molecule has 0 fully saturated rings. The fraction of sp³-hybridized carbons (Fsp3) is 0.417. The molecule has 10 nitrogen and oxygen atoms in total. The first kappa shape index (κ1) is 19.4. The number of nitrogens with two attached hydrogens (primary N) is 1. The number of hydrogen-bond donors (Lipinski definition) is 7. The lowest BCUT2D eigenvalue weighted by Gasteiger charge is -2.24. The Morgan fingerprint density at radius 1 is 1.09 bits per heavy atom. The molecule has 0 radical (unpaired) electrons. The van der Waals surface area contributed by atoms with Crippen molar-refractivity contribution in [3.8, 4) is 0 Å². The van der Waals surface area contributed by atoms with Crippen molar-refractivity contribution in [2.45, 2.75) is 29.3 Å². The summed E-state index contributed by atoms with van der Waals surface area (Å²) < 4.78 is 22.2.